The zero-order valence-electron chi connectivity index (χ0n) is 11.4. The average Bonchev–Trinajstić information content (AvgIpc) is 2.51. The predicted octanol–water partition coefficient (Wildman–Crippen LogP) is 0.896. The highest BCUT2D eigenvalue weighted by Crippen LogP contribution is 2.17. The fourth-order valence-electron chi connectivity index (χ4n) is 2.15. The molecule has 2 aliphatic rings. The zero-order chi connectivity index (χ0) is 15.1. The molecular formula is C13H12ClN5O2. The Morgan fingerprint density at radius 1 is 1.19 bits per heavy atom. The zero-order valence-corrected chi connectivity index (χ0v) is 12.1. The summed E-state index contributed by atoms with van der Waals surface area (Å²) in [5, 5.41) is 4.73. The van der Waals surface area contributed by atoms with E-state index in [2.05, 4.69) is 15.5 Å². The van der Waals surface area contributed by atoms with Gasteiger partial charge < -0.3 is 0 Å². The Balaban J connectivity index is 1.98. The number of carbonyl (C=O) groups is 2. The maximum Gasteiger partial charge on any atom is 0.328 e. The molecule has 1 unspecified atom stereocenters. The molecule has 0 bridgehead atoms. The second-order valence-electron chi connectivity index (χ2n) is 4.73. The van der Waals surface area contributed by atoms with Gasteiger partial charge >= 0.3 is 6.03 Å². The Morgan fingerprint density at radius 3 is 2.52 bits per heavy atom. The van der Waals surface area contributed by atoms with Crippen molar-refractivity contribution in [3.63, 3.8) is 0 Å². The number of hydrazone groups is 1. The number of hydrogen-bond donors (Lipinski definition) is 1. The molecule has 1 aromatic carbocycles. The second-order valence-corrected chi connectivity index (χ2v) is 5.17. The number of benzene rings is 1. The maximum absolute atomic E-state index is 12.2. The Labute approximate surface area is 125 Å². The van der Waals surface area contributed by atoms with Crippen LogP contribution in [0.25, 0.3) is 0 Å². The second kappa shape index (κ2) is 4.85. The van der Waals surface area contributed by atoms with Crippen LogP contribution in [0.5, 0.6) is 0 Å². The Bertz CT molecular complexity index is 682. The number of nitrogens with one attached hydrogen (secondary N) is 1. The molecule has 0 spiro atoms. The van der Waals surface area contributed by atoms with Crippen molar-refractivity contribution in [3.05, 3.63) is 34.9 Å². The van der Waals surface area contributed by atoms with Gasteiger partial charge in [-0.1, -0.05) is 11.6 Å². The summed E-state index contributed by atoms with van der Waals surface area (Å²) in [5.41, 5.74) is 3.76. The molecule has 1 N–H and O–H groups in total. The van der Waals surface area contributed by atoms with E-state index in [0.717, 1.165) is 10.5 Å². The Kier molecular flexibility index (Phi) is 3.13. The minimum Gasteiger partial charge on any atom is -0.300 e. The number of urea groups is 1. The molecule has 0 radical (unpaired) electrons. The number of aliphatic imine (C=N–C) groups is 1. The fraction of sp³-hybridized carbons (Fsp3) is 0.231. The number of hydrogen-bond acceptors (Lipinski definition) is 5. The van der Waals surface area contributed by atoms with E-state index in [9.17, 15) is 9.59 Å². The summed E-state index contributed by atoms with van der Waals surface area (Å²) in [6.07, 6.45) is -0.641. The first kappa shape index (κ1) is 13.6. The Hall–Kier alpha value is -2.41. The summed E-state index contributed by atoms with van der Waals surface area (Å²) in [5.74, 6) is -0.0561. The van der Waals surface area contributed by atoms with E-state index in [1.54, 1.807) is 31.3 Å². The van der Waals surface area contributed by atoms with Crippen LogP contribution in [0.2, 0.25) is 5.02 Å². The molecule has 0 aliphatic carbocycles. The first-order chi connectivity index (χ1) is 9.99. The van der Waals surface area contributed by atoms with Gasteiger partial charge in [0.1, 0.15) is 0 Å². The Morgan fingerprint density at radius 2 is 1.86 bits per heavy atom. The fourth-order valence-corrected chi connectivity index (χ4v) is 2.28. The van der Waals surface area contributed by atoms with Crippen LogP contribution in [0, 0.1) is 0 Å². The number of rotatable bonds is 1. The van der Waals surface area contributed by atoms with Gasteiger partial charge in [0.25, 0.3) is 5.91 Å². The van der Waals surface area contributed by atoms with Crippen molar-refractivity contribution < 1.29 is 9.59 Å². The molecule has 0 saturated carbocycles. The summed E-state index contributed by atoms with van der Waals surface area (Å²) in [7, 11) is 3.01. The van der Waals surface area contributed by atoms with Gasteiger partial charge in [-0.2, -0.15) is 5.10 Å². The first-order valence-electron chi connectivity index (χ1n) is 6.21. The van der Waals surface area contributed by atoms with Crippen molar-refractivity contribution in [2.45, 2.75) is 6.17 Å². The van der Waals surface area contributed by atoms with Crippen molar-refractivity contribution in [1.82, 2.24) is 15.2 Å². The molecule has 1 aromatic rings. The van der Waals surface area contributed by atoms with Gasteiger partial charge in [-0.15, -0.1) is 0 Å². The number of imide groups is 1. The van der Waals surface area contributed by atoms with Crippen LogP contribution in [-0.2, 0) is 4.79 Å². The van der Waals surface area contributed by atoms with Gasteiger partial charge in [0, 0.05) is 24.7 Å². The van der Waals surface area contributed by atoms with Gasteiger partial charge in [-0.25, -0.2) is 9.79 Å². The van der Waals surface area contributed by atoms with Crippen LogP contribution in [0.4, 0.5) is 4.79 Å². The third kappa shape index (κ3) is 2.15. The number of amides is 3. The third-order valence-corrected chi connectivity index (χ3v) is 3.63. The minimum atomic E-state index is -0.641. The summed E-state index contributed by atoms with van der Waals surface area (Å²) in [4.78, 5) is 30.7. The lowest BCUT2D eigenvalue weighted by Crippen LogP contribution is -2.64. The van der Waals surface area contributed by atoms with Crippen LogP contribution >= 0.6 is 11.6 Å². The van der Waals surface area contributed by atoms with Gasteiger partial charge in [0.2, 0.25) is 0 Å². The molecule has 1 atom stereocenters. The van der Waals surface area contributed by atoms with Gasteiger partial charge in [0.05, 0.1) is 0 Å². The van der Waals surface area contributed by atoms with Crippen LogP contribution in [0.1, 0.15) is 5.56 Å². The first-order valence-corrected chi connectivity index (χ1v) is 6.59. The highest BCUT2D eigenvalue weighted by Gasteiger charge is 2.42. The van der Waals surface area contributed by atoms with Crippen molar-refractivity contribution >= 4 is 35.1 Å². The lowest BCUT2D eigenvalue weighted by Gasteiger charge is -2.37. The van der Waals surface area contributed by atoms with Crippen LogP contribution in [0.3, 0.4) is 0 Å². The molecule has 1 fully saturated rings. The predicted molar refractivity (Wildman–Crippen MR) is 78.3 cm³/mol. The van der Waals surface area contributed by atoms with E-state index in [1.165, 1.54) is 11.9 Å². The molecule has 0 aromatic heterocycles. The summed E-state index contributed by atoms with van der Waals surface area (Å²) < 4.78 is 0. The monoisotopic (exact) mass is 305 g/mol. The average molecular weight is 306 g/mol. The molecule has 108 valence electrons. The van der Waals surface area contributed by atoms with Crippen molar-refractivity contribution in [1.29, 1.82) is 0 Å². The van der Waals surface area contributed by atoms with Gasteiger partial charge in [-0.3, -0.25) is 20.0 Å². The largest absolute Gasteiger partial charge is 0.328 e. The molecule has 2 aliphatic heterocycles. The van der Waals surface area contributed by atoms with Crippen LogP contribution < -0.4 is 5.43 Å². The SMILES string of the molecule is CN1C(=O)C2=NC(c3ccc(Cl)cc3)=NNC2N(C)C1=O. The third-order valence-electron chi connectivity index (χ3n) is 3.38. The summed E-state index contributed by atoms with van der Waals surface area (Å²) in [6, 6.07) is 6.56. The number of amidine groups is 1. The number of carbonyl (C=O) groups excluding carboxylic acids is 2. The van der Waals surface area contributed by atoms with E-state index in [1.807, 2.05) is 0 Å². The standard InChI is InChI=1S/C13H12ClN5O2/c1-18-11-9(12(20)19(2)13(18)21)15-10(16-17-11)7-3-5-8(14)6-4-7/h3-6,11,17H,1-2H3. The molecule has 2 heterocycles. The van der Waals surface area contributed by atoms with E-state index in [0.29, 0.717) is 10.9 Å². The number of halogens is 1. The highest BCUT2D eigenvalue weighted by molar-refractivity contribution is 6.46. The van der Waals surface area contributed by atoms with Crippen LogP contribution in [-0.4, -0.2) is 53.5 Å². The molecule has 1 saturated heterocycles. The maximum atomic E-state index is 12.2. The topological polar surface area (TPSA) is 77.4 Å². The quantitative estimate of drug-likeness (QED) is 0.837. The normalized spacial score (nSPS) is 21.6. The molecular weight excluding hydrogens is 294 g/mol. The molecule has 8 heteroatoms. The smallest absolute Gasteiger partial charge is 0.300 e. The summed E-state index contributed by atoms with van der Waals surface area (Å²) >= 11 is 5.84. The van der Waals surface area contributed by atoms with Gasteiger partial charge in [0.15, 0.2) is 17.7 Å². The molecule has 21 heavy (non-hydrogen) atoms. The van der Waals surface area contributed by atoms with Gasteiger partial charge in [-0.05, 0) is 24.3 Å². The molecule has 3 rings (SSSR count). The lowest BCUT2D eigenvalue weighted by atomic mass is 10.1. The molecule has 7 nitrogen and oxygen atoms in total. The van der Waals surface area contributed by atoms with Crippen LogP contribution in [0.15, 0.2) is 34.4 Å². The highest BCUT2D eigenvalue weighted by atomic mass is 35.5. The number of nitrogens with zero attached hydrogens (tertiary/aromatic N) is 4. The van der Waals surface area contributed by atoms with E-state index >= 15 is 0 Å². The van der Waals surface area contributed by atoms with Crippen molar-refractivity contribution in [3.8, 4) is 0 Å². The summed E-state index contributed by atoms with van der Waals surface area (Å²) in [6.45, 7) is 0. The van der Waals surface area contributed by atoms with E-state index in [-0.39, 0.29) is 5.71 Å². The molecule has 3 amide bonds. The lowest BCUT2D eigenvalue weighted by molar-refractivity contribution is -0.122. The van der Waals surface area contributed by atoms with Crippen molar-refractivity contribution in [2.75, 3.05) is 14.1 Å². The van der Waals surface area contributed by atoms with Crippen molar-refractivity contribution in [2.24, 2.45) is 10.1 Å². The van der Waals surface area contributed by atoms with E-state index in [4.69, 9.17) is 11.6 Å². The minimum absolute atomic E-state index is 0.236. The number of fused-ring (bicyclic) bond motifs is 1. The van der Waals surface area contributed by atoms with E-state index < -0.39 is 18.1 Å².